The zero-order chi connectivity index (χ0) is 21.2. The molecule has 1 aliphatic heterocycles. The number of hydrogen-bond donors (Lipinski definition) is 2. The summed E-state index contributed by atoms with van der Waals surface area (Å²) in [6, 6.07) is 9.05. The molecule has 1 aromatic carbocycles. The second-order valence-electron chi connectivity index (χ2n) is 7.36. The first-order valence-corrected chi connectivity index (χ1v) is 12.1. The quantitative estimate of drug-likeness (QED) is 0.213. The third kappa shape index (κ3) is 7.76. The van der Waals surface area contributed by atoms with Crippen LogP contribution in [0.4, 0.5) is 0 Å². The maximum absolute atomic E-state index is 12.9. The fraction of sp³-hybridized carbons (Fsp3) is 0.524. The third-order valence-electron chi connectivity index (χ3n) is 5.03. The number of aryl methyl sites for hydroxylation is 1. The Morgan fingerprint density at radius 2 is 1.97 bits per heavy atom. The lowest BCUT2D eigenvalue weighted by Gasteiger charge is -2.26. The van der Waals surface area contributed by atoms with Crippen molar-refractivity contribution in [3.63, 3.8) is 0 Å². The summed E-state index contributed by atoms with van der Waals surface area (Å²) in [6.07, 6.45) is 7.62. The van der Waals surface area contributed by atoms with Gasteiger partial charge in [-0.1, -0.05) is 18.6 Å². The summed E-state index contributed by atoms with van der Waals surface area (Å²) in [5, 5.41) is 10.8. The van der Waals surface area contributed by atoms with E-state index in [1.807, 2.05) is 29.9 Å². The second-order valence-corrected chi connectivity index (χ2v) is 9.29. The number of nitrogens with zero attached hydrogens (tertiary/aromatic N) is 4. The smallest absolute Gasteiger partial charge is 0.243 e. The number of benzene rings is 1. The van der Waals surface area contributed by atoms with E-state index in [4.69, 9.17) is 0 Å². The predicted molar refractivity (Wildman–Crippen MR) is 134 cm³/mol. The van der Waals surface area contributed by atoms with E-state index in [0.29, 0.717) is 24.5 Å². The standard InChI is InChI=1S/C21H32N6O2S.HI/c1-2-22-21(23-11-7-13-26-14-8-12-25-26)24-18-19-9-6-10-20(17-19)30(28,29)27-15-4-3-5-16-27;/h6,8-10,12,14,17H,2-5,7,11,13,15-16,18H2,1H3,(H2,22,23,24);1H. The Hall–Kier alpha value is -1.66. The highest BCUT2D eigenvalue weighted by Crippen LogP contribution is 2.21. The molecule has 8 nitrogen and oxygen atoms in total. The lowest BCUT2D eigenvalue weighted by molar-refractivity contribution is 0.346. The van der Waals surface area contributed by atoms with Gasteiger partial charge in [-0.05, 0) is 49.9 Å². The van der Waals surface area contributed by atoms with E-state index in [-0.39, 0.29) is 24.0 Å². The first kappa shape index (κ1) is 25.6. The molecular weight excluding hydrogens is 527 g/mol. The Bertz CT molecular complexity index is 912. The molecule has 0 saturated carbocycles. The van der Waals surface area contributed by atoms with Crippen molar-refractivity contribution in [2.45, 2.75) is 50.6 Å². The molecule has 1 aromatic heterocycles. The van der Waals surface area contributed by atoms with Crippen molar-refractivity contribution in [2.75, 3.05) is 26.2 Å². The van der Waals surface area contributed by atoms with Gasteiger partial charge in [0.25, 0.3) is 0 Å². The topological polar surface area (TPSA) is 91.6 Å². The van der Waals surface area contributed by atoms with Crippen molar-refractivity contribution in [3.8, 4) is 0 Å². The molecule has 0 atom stereocenters. The van der Waals surface area contributed by atoms with Crippen molar-refractivity contribution in [2.24, 2.45) is 4.99 Å². The zero-order valence-corrected chi connectivity index (χ0v) is 21.2. The molecule has 2 heterocycles. The molecule has 0 bridgehead atoms. The van der Waals surface area contributed by atoms with Crippen molar-refractivity contribution in [1.29, 1.82) is 0 Å². The van der Waals surface area contributed by atoms with Crippen molar-refractivity contribution < 1.29 is 8.42 Å². The number of piperidine rings is 1. The molecule has 2 aromatic rings. The molecule has 10 heteroatoms. The number of hydrogen-bond acceptors (Lipinski definition) is 4. The van der Waals surface area contributed by atoms with Crippen LogP contribution in [0.15, 0.2) is 52.6 Å². The Morgan fingerprint density at radius 3 is 2.68 bits per heavy atom. The van der Waals surface area contributed by atoms with Gasteiger partial charge in [-0.25, -0.2) is 13.4 Å². The third-order valence-corrected chi connectivity index (χ3v) is 6.93. The minimum atomic E-state index is -3.43. The van der Waals surface area contributed by atoms with E-state index < -0.39 is 10.0 Å². The van der Waals surface area contributed by atoms with Gasteiger partial charge < -0.3 is 10.6 Å². The first-order chi connectivity index (χ1) is 14.6. The van der Waals surface area contributed by atoms with Gasteiger partial charge in [0.2, 0.25) is 10.0 Å². The Morgan fingerprint density at radius 1 is 1.16 bits per heavy atom. The Kier molecular flexibility index (Phi) is 10.7. The summed E-state index contributed by atoms with van der Waals surface area (Å²) in [5.74, 6) is 0.724. The van der Waals surface area contributed by atoms with Crippen molar-refractivity contribution >= 4 is 40.0 Å². The molecule has 2 N–H and O–H groups in total. The molecule has 1 aliphatic rings. The molecule has 0 unspecified atom stereocenters. The molecular formula is C21H33IN6O2S. The van der Waals surface area contributed by atoms with Crippen LogP contribution in [-0.2, 0) is 23.1 Å². The highest BCUT2D eigenvalue weighted by molar-refractivity contribution is 14.0. The SMILES string of the molecule is CCNC(=NCc1cccc(S(=O)(=O)N2CCCCC2)c1)NCCCn1cccn1.I. The van der Waals surface area contributed by atoms with Gasteiger partial charge in [0.1, 0.15) is 0 Å². The molecule has 0 spiro atoms. The Balaban J connectivity index is 0.00000341. The van der Waals surface area contributed by atoms with Crippen LogP contribution >= 0.6 is 24.0 Å². The second kappa shape index (κ2) is 13.0. The highest BCUT2D eigenvalue weighted by atomic mass is 127. The van der Waals surface area contributed by atoms with Crippen LogP contribution < -0.4 is 10.6 Å². The molecule has 3 rings (SSSR count). The predicted octanol–water partition coefficient (Wildman–Crippen LogP) is 2.82. The van der Waals surface area contributed by atoms with Crippen molar-refractivity contribution in [1.82, 2.24) is 24.7 Å². The molecule has 31 heavy (non-hydrogen) atoms. The summed E-state index contributed by atoms with van der Waals surface area (Å²) < 4.78 is 29.3. The average molecular weight is 561 g/mol. The van der Waals surface area contributed by atoms with Crippen molar-refractivity contribution in [3.05, 3.63) is 48.3 Å². The molecule has 0 aliphatic carbocycles. The van der Waals surface area contributed by atoms with Gasteiger partial charge in [0.05, 0.1) is 11.4 Å². The fourth-order valence-electron chi connectivity index (χ4n) is 3.45. The number of guanidine groups is 1. The van der Waals surface area contributed by atoms with Gasteiger partial charge in [0, 0.05) is 45.1 Å². The van der Waals surface area contributed by atoms with Gasteiger partial charge in [-0.3, -0.25) is 4.68 Å². The molecule has 1 fully saturated rings. The zero-order valence-electron chi connectivity index (χ0n) is 18.0. The minimum Gasteiger partial charge on any atom is -0.357 e. The lowest BCUT2D eigenvalue weighted by atomic mass is 10.2. The van der Waals surface area contributed by atoms with Crippen LogP contribution in [0.2, 0.25) is 0 Å². The van der Waals surface area contributed by atoms with Gasteiger partial charge in [-0.15, -0.1) is 24.0 Å². The molecule has 0 radical (unpaired) electrons. The first-order valence-electron chi connectivity index (χ1n) is 10.7. The summed E-state index contributed by atoms with van der Waals surface area (Å²) in [7, 11) is -3.43. The van der Waals surface area contributed by atoms with E-state index in [1.54, 1.807) is 28.7 Å². The number of nitrogens with one attached hydrogen (secondary N) is 2. The molecule has 172 valence electrons. The number of halogens is 1. The maximum Gasteiger partial charge on any atom is 0.243 e. The van der Waals surface area contributed by atoms with Crippen LogP contribution in [-0.4, -0.2) is 54.6 Å². The Labute approximate surface area is 202 Å². The van der Waals surface area contributed by atoms with Gasteiger partial charge >= 0.3 is 0 Å². The lowest BCUT2D eigenvalue weighted by Crippen LogP contribution is -2.38. The van der Waals surface area contributed by atoms with Crippen LogP contribution in [0.1, 0.15) is 38.2 Å². The summed E-state index contributed by atoms with van der Waals surface area (Å²) in [4.78, 5) is 4.97. The van der Waals surface area contributed by atoms with Gasteiger partial charge in [0.15, 0.2) is 5.96 Å². The minimum absolute atomic E-state index is 0. The van der Waals surface area contributed by atoms with Crippen LogP contribution in [0, 0.1) is 0 Å². The molecule has 0 amide bonds. The van der Waals surface area contributed by atoms with Crippen LogP contribution in [0.25, 0.3) is 0 Å². The number of sulfonamides is 1. The summed E-state index contributed by atoms with van der Waals surface area (Å²) in [5.41, 5.74) is 0.877. The number of aliphatic imine (C=N–C) groups is 1. The van der Waals surface area contributed by atoms with E-state index in [2.05, 4.69) is 20.7 Å². The summed E-state index contributed by atoms with van der Waals surface area (Å²) >= 11 is 0. The summed E-state index contributed by atoms with van der Waals surface area (Å²) in [6.45, 7) is 6.03. The number of rotatable bonds is 9. The van der Waals surface area contributed by atoms with E-state index in [0.717, 1.165) is 56.8 Å². The molecule has 1 saturated heterocycles. The van der Waals surface area contributed by atoms with E-state index >= 15 is 0 Å². The van der Waals surface area contributed by atoms with Crippen LogP contribution in [0.5, 0.6) is 0 Å². The normalized spacial score (nSPS) is 15.3. The van der Waals surface area contributed by atoms with Crippen LogP contribution in [0.3, 0.4) is 0 Å². The van der Waals surface area contributed by atoms with E-state index in [1.165, 1.54) is 0 Å². The largest absolute Gasteiger partial charge is 0.357 e. The monoisotopic (exact) mass is 560 g/mol. The van der Waals surface area contributed by atoms with Gasteiger partial charge in [-0.2, -0.15) is 9.40 Å². The number of aromatic nitrogens is 2. The average Bonchev–Trinajstić information content (AvgIpc) is 3.29. The highest BCUT2D eigenvalue weighted by Gasteiger charge is 2.25. The fourth-order valence-corrected chi connectivity index (χ4v) is 5.04. The van der Waals surface area contributed by atoms with E-state index in [9.17, 15) is 8.42 Å². The maximum atomic E-state index is 12.9.